The maximum Gasteiger partial charge on any atom is 0.191 e. The highest BCUT2D eigenvalue weighted by Crippen LogP contribution is 2.37. The third-order valence-electron chi connectivity index (χ3n) is 5.55. The second-order valence-corrected chi connectivity index (χ2v) is 8.78. The minimum Gasteiger partial charge on any atom is -0.488 e. The summed E-state index contributed by atoms with van der Waals surface area (Å²) in [6.45, 7) is 0. The van der Waals surface area contributed by atoms with Gasteiger partial charge in [0.15, 0.2) is 29.8 Å². The fraction of sp³-hybridized carbons (Fsp3) is 0.261. The lowest BCUT2D eigenvalue weighted by atomic mass is 9.86. The highest BCUT2D eigenvalue weighted by atomic mass is 16.5. The van der Waals surface area contributed by atoms with E-state index < -0.39 is 24.3 Å². The smallest absolute Gasteiger partial charge is 0.191 e. The Balaban J connectivity index is 1.97. The van der Waals surface area contributed by atoms with Gasteiger partial charge in [-0.05, 0) is 48.9 Å². The average Bonchev–Trinajstić information content (AvgIpc) is 2.82. The summed E-state index contributed by atoms with van der Waals surface area (Å²) in [5, 5.41) is 0. The zero-order chi connectivity index (χ0) is 29.4. The van der Waals surface area contributed by atoms with Gasteiger partial charge in [0.25, 0.3) is 0 Å². The maximum absolute atomic E-state index is 6.36. The van der Waals surface area contributed by atoms with E-state index >= 15 is 0 Å². The van der Waals surface area contributed by atoms with Gasteiger partial charge in [0, 0.05) is 6.42 Å². The second-order valence-electron chi connectivity index (χ2n) is 8.78. The van der Waals surface area contributed by atoms with E-state index in [0.29, 0.717) is 29.3 Å². The molecule has 0 radical (unpaired) electrons. The summed E-state index contributed by atoms with van der Waals surface area (Å²) < 4.78 is 12.6. The van der Waals surface area contributed by atoms with Crippen molar-refractivity contribution in [2.24, 2.45) is 82.3 Å². The van der Waals surface area contributed by atoms with Gasteiger partial charge in [0.1, 0.15) is 29.4 Å². The van der Waals surface area contributed by atoms with E-state index in [1.54, 1.807) is 42.5 Å². The van der Waals surface area contributed by atoms with Gasteiger partial charge in [0.2, 0.25) is 0 Å². The summed E-state index contributed by atoms with van der Waals surface area (Å²) in [5.41, 5.74) is 57.3. The largest absolute Gasteiger partial charge is 0.488 e. The van der Waals surface area contributed by atoms with Crippen molar-refractivity contribution in [1.29, 1.82) is 0 Å². The van der Waals surface area contributed by atoms with Crippen molar-refractivity contribution >= 4 is 46.9 Å². The van der Waals surface area contributed by atoms with Crippen molar-refractivity contribution in [3.63, 3.8) is 0 Å². The molecule has 0 aliphatic heterocycles. The molecule has 4 atom stereocenters. The normalized spacial score (nSPS) is 19.8. The molecule has 0 bridgehead atoms. The van der Waals surface area contributed by atoms with Gasteiger partial charge in [-0.15, -0.1) is 0 Å². The molecule has 0 amide bonds. The molecular formula is C23H35N15O2. The van der Waals surface area contributed by atoms with E-state index in [4.69, 9.17) is 66.8 Å². The molecule has 17 nitrogen and oxygen atoms in total. The van der Waals surface area contributed by atoms with Crippen LogP contribution in [0.15, 0.2) is 67.4 Å². The quantitative estimate of drug-likeness (QED) is 0.115. The molecule has 1 saturated carbocycles. The fourth-order valence-electron chi connectivity index (χ4n) is 4.14. The third kappa shape index (κ3) is 8.47. The van der Waals surface area contributed by atoms with Crippen LogP contribution in [0.25, 0.3) is 0 Å². The van der Waals surface area contributed by atoms with Crippen LogP contribution in [0.2, 0.25) is 0 Å². The molecule has 1 aliphatic rings. The Morgan fingerprint density at radius 2 is 1.05 bits per heavy atom. The molecule has 0 heterocycles. The number of guanidine groups is 5. The lowest BCUT2D eigenvalue weighted by Crippen LogP contribution is -2.50. The lowest BCUT2D eigenvalue weighted by Gasteiger charge is -2.38. The SMILES string of the molecule is NC(N)=Nc1ccc(OC2CC(Oc3ccc(N=C(N)N)cc3N=C(N)N)C(N=C(N)N)CC2N=C(N)N)cc1. The van der Waals surface area contributed by atoms with Gasteiger partial charge in [-0.2, -0.15) is 0 Å². The summed E-state index contributed by atoms with van der Waals surface area (Å²) in [6, 6.07) is 10.6. The predicted molar refractivity (Wildman–Crippen MR) is 157 cm³/mol. The van der Waals surface area contributed by atoms with Gasteiger partial charge in [0.05, 0.1) is 23.5 Å². The summed E-state index contributed by atoms with van der Waals surface area (Å²) in [4.78, 5) is 20.9. The summed E-state index contributed by atoms with van der Waals surface area (Å²) in [5.74, 6) is 0.197. The molecule has 0 spiro atoms. The van der Waals surface area contributed by atoms with Crippen molar-refractivity contribution in [3.05, 3.63) is 42.5 Å². The van der Waals surface area contributed by atoms with Crippen molar-refractivity contribution < 1.29 is 9.47 Å². The first-order valence-corrected chi connectivity index (χ1v) is 11.9. The van der Waals surface area contributed by atoms with E-state index in [9.17, 15) is 0 Å². The Morgan fingerprint density at radius 1 is 0.550 bits per heavy atom. The van der Waals surface area contributed by atoms with E-state index in [1.165, 1.54) is 0 Å². The molecule has 2 aromatic carbocycles. The van der Waals surface area contributed by atoms with E-state index in [1.807, 2.05) is 0 Å². The van der Waals surface area contributed by atoms with Crippen molar-refractivity contribution in [2.45, 2.75) is 37.1 Å². The van der Waals surface area contributed by atoms with Crippen LogP contribution in [0, 0.1) is 0 Å². The van der Waals surface area contributed by atoms with Crippen LogP contribution in [0.3, 0.4) is 0 Å². The molecule has 3 rings (SSSR count). The molecule has 40 heavy (non-hydrogen) atoms. The number of rotatable bonds is 9. The summed E-state index contributed by atoms with van der Waals surface area (Å²) >= 11 is 0. The van der Waals surface area contributed by atoms with Gasteiger partial charge in [-0.3, -0.25) is 0 Å². The molecule has 0 aromatic heterocycles. The standard InChI is InChI=1S/C23H35N15O2/c24-19(25)34-10-1-4-12(5-2-10)39-17-9-18(15(38-23(32)33)8-14(17)37-22(30)31)40-16-6-3-11(35-20(26)27)7-13(16)36-21(28)29/h1-7,14-15,17-18H,8-9H2,(H4,24,25,34)(H4,26,27,35)(H4,28,29,36)(H4,30,31,37)(H4,32,33,38). The van der Waals surface area contributed by atoms with Gasteiger partial charge >= 0.3 is 0 Å². The van der Waals surface area contributed by atoms with E-state index in [0.717, 1.165) is 0 Å². The van der Waals surface area contributed by atoms with Crippen LogP contribution in [0.1, 0.15) is 12.8 Å². The Kier molecular flexibility index (Phi) is 9.24. The van der Waals surface area contributed by atoms with Gasteiger partial charge in [-0.1, -0.05) is 0 Å². The molecule has 1 fully saturated rings. The van der Waals surface area contributed by atoms with Crippen molar-refractivity contribution in [1.82, 2.24) is 0 Å². The Morgan fingerprint density at radius 3 is 1.57 bits per heavy atom. The summed E-state index contributed by atoms with van der Waals surface area (Å²) in [6.07, 6.45) is -0.588. The number of nitrogens with two attached hydrogens (primary N) is 10. The van der Waals surface area contributed by atoms with Crippen LogP contribution in [-0.2, 0) is 0 Å². The molecule has 20 N–H and O–H groups in total. The number of ether oxygens (including phenoxy) is 2. The first-order valence-electron chi connectivity index (χ1n) is 11.9. The predicted octanol–water partition coefficient (Wildman–Crippen LogP) is -2.33. The van der Waals surface area contributed by atoms with Crippen LogP contribution in [0.4, 0.5) is 17.1 Å². The van der Waals surface area contributed by atoms with E-state index in [2.05, 4.69) is 25.0 Å². The van der Waals surface area contributed by atoms with Crippen LogP contribution in [-0.4, -0.2) is 54.1 Å². The monoisotopic (exact) mass is 553 g/mol. The van der Waals surface area contributed by atoms with Crippen LogP contribution in [0.5, 0.6) is 11.5 Å². The van der Waals surface area contributed by atoms with Crippen molar-refractivity contribution in [2.75, 3.05) is 0 Å². The number of benzene rings is 2. The zero-order valence-electron chi connectivity index (χ0n) is 21.6. The third-order valence-corrected chi connectivity index (χ3v) is 5.55. The molecule has 1 aliphatic carbocycles. The molecule has 214 valence electrons. The Bertz CT molecular complexity index is 1320. The van der Waals surface area contributed by atoms with E-state index in [-0.39, 0.29) is 41.9 Å². The maximum atomic E-state index is 6.36. The summed E-state index contributed by atoms with van der Waals surface area (Å²) in [7, 11) is 0. The van der Waals surface area contributed by atoms with Crippen LogP contribution >= 0.6 is 0 Å². The highest BCUT2D eigenvalue weighted by Gasteiger charge is 2.40. The molecule has 2 aromatic rings. The topological polar surface area (TPSA) is 340 Å². The molecular weight excluding hydrogens is 518 g/mol. The lowest BCUT2D eigenvalue weighted by molar-refractivity contribution is 0.0420. The number of hydrogen-bond donors (Lipinski definition) is 10. The molecule has 4 unspecified atom stereocenters. The minimum absolute atomic E-state index is 0.0639. The fourth-order valence-corrected chi connectivity index (χ4v) is 4.14. The van der Waals surface area contributed by atoms with Crippen LogP contribution < -0.4 is 66.8 Å². The number of hydrogen-bond acceptors (Lipinski definition) is 7. The average molecular weight is 554 g/mol. The molecule has 17 heteroatoms. The Hall–Kier alpha value is -5.61. The zero-order valence-corrected chi connectivity index (χ0v) is 21.6. The first kappa shape index (κ1) is 29.0. The number of aliphatic imine (C=N–C) groups is 5. The second kappa shape index (κ2) is 12.8. The Labute approximate surface area is 230 Å². The van der Waals surface area contributed by atoms with Gasteiger partial charge < -0.3 is 66.8 Å². The minimum atomic E-state index is -0.611. The molecule has 0 saturated heterocycles. The number of nitrogens with zero attached hydrogens (tertiary/aromatic N) is 5. The van der Waals surface area contributed by atoms with Crippen molar-refractivity contribution in [3.8, 4) is 11.5 Å². The first-order chi connectivity index (χ1) is 18.9. The van der Waals surface area contributed by atoms with Gasteiger partial charge in [-0.25, -0.2) is 25.0 Å². The highest BCUT2D eigenvalue weighted by molar-refractivity contribution is 5.83.